The van der Waals surface area contributed by atoms with Crippen molar-refractivity contribution in [1.29, 1.82) is 0 Å². The molecule has 0 aromatic rings. The van der Waals surface area contributed by atoms with Crippen LogP contribution in [0.4, 0.5) is 0 Å². The molecule has 6 N–H and O–H groups in total. The largest absolute Gasteiger partial charge is 0.395 e. The van der Waals surface area contributed by atoms with E-state index in [9.17, 15) is 18.3 Å². The Morgan fingerprint density at radius 2 is 2.06 bits per heavy atom. The molecule has 102 valence electrons. The van der Waals surface area contributed by atoms with Crippen LogP contribution in [0.5, 0.6) is 0 Å². The highest BCUT2D eigenvalue weighted by molar-refractivity contribution is 7.83. The molecule has 4 atom stereocenters. The van der Waals surface area contributed by atoms with Crippen LogP contribution < -0.4 is 10.5 Å². The molecule has 0 rings (SSSR count). The fraction of sp³-hybridized carbons (Fsp3) is 0.857. The second kappa shape index (κ2) is 6.96. The molecule has 0 aliphatic carbocycles. The van der Waals surface area contributed by atoms with Gasteiger partial charge < -0.3 is 25.5 Å². The maximum absolute atomic E-state index is 10.7. The fourth-order valence-corrected chi connectivity index (χ4v) is 1.73. The van der Waals surface area contributed by atoms with E-state index in [-0.39, 0.29) is 6.29 Å². The van der Waals surface area contributed by atoms with Crippen molar-refractivity contribution in [2.45, 2.75) is 24.3 Å². The summed E-state index contributed by atoms with van der Waals surface area (Å²) in [7, 11) is -3.52. The third-order valence-electron chi connectivity index (χ3n) is 2.04. The minimum absolute atomic E-state index is 0.134. The van der Waals surface area contributed by atoms with Crippen LogP contribution in [0.15, 0.2) is 0 Å². The molecule has 0 fully saturated rings. The van der Waals surface area contributed by atoms with Gasteiger partial charge in [0.2, 0.25) is 0 Å². The smallest absolute Gasteiger partial charge is 0.334 e. The van der Waals surface area contributed by atoms with Crippen LogP contribution >= 0.6 is 0 Å². The first-order valence-electron chi connectivity index (χ1n) is 4.54. The summed E-state index contributed by atoms with van der Waals surface area (Å²) in [5.74, 6) is 0. The number of carbonyl (C=O) groups excluding carboxylic acids is 1. The third-order valence-corrected chi connectivity index (χ3v) is 2.61. The lowest BCUT2D eigenvalue weighted by Crippen LogP contribution is -2.56. The number of nitrogens with two attached hydrogens (primary N) is 1. The van der Waals surface area contributed by atoms with Crippen LogP contribution in [0, 0.1) is 0 Å². The lowest BCUT2D eigenvalue weighted by Gasteiger charge is -2.28. The van der Waals surface area contributed by atoms with E-state index in [2.05, 4.69) is 0 Å². The van der Waals surface area contributed by atoms with E-state index < -0.39 is 41.2 Å². The van der Waals surface area contributed by atoms with Gasteiger partial charge in [0.15, 0.2) is 0 Å². The first-order chi connectivity index (χ1) is 7.76. The van der Waals surface area contributed by atoms with E-state index in [1.165, 1.54) is 0 Å². The van der Waals surface area contributed by atoms with Gasteiger partial charge in [-0.1, -0.05) is 0 Å². The number of aldehydes is 1. The molecule has 0 aromatic carbocycles. The molecule has 17 heavy (non-hydrogen) atoms. The summed E-state index contributed by atoms with van der Waals surface area (Å²) in [6.07, 6.45) is -2.69. The Balaban J connectivity index is 4.87. The Morgan fingerprint density at radius 1 is 1.53 bits per heavy atom. The van der Waals surface area contributed by atoms with E-state index in [4.69, 9.17) is 20.1 Å². The topological polar surface area (TPSA) is 159 Å². The third kappa shape index (κ3) is 5.50. The number of rotatable bonds is 8. The number of methoxy groups -OCH3 is 1. The van der Waals surface area contributed by atoms with Gasteiger partial charge in [0.1, 0.15) is 18.4 Å². The molecule has 0 saturated heterocycles. The molecule has 0 aliphatic rings. The summed E-state index contributed by atoms with van der Waals surface area (Å²) in [6.45, 7) is -0.585. The molecule has 0 heterocycles. The number of nitrogens with one attached hydrogen (secondary N) is 1. The molecule has 0 spiro atoms. The zero-order chi connectivity index (χ0) is 13.6. The molecule has 0 bridgehead atoms. The molecule has 0 amide bonds. The standard InChI is InChI=1S/C7H16N2O7S/c1-16-7(6(12)4(8)2-10)5(3-11)9-17(13,14)15/h3-7,9-10,12H,2,8H2,1H3,(H,13,14,15)/t4-,5+,6+,7+/m0/s1. The molecule has 0 saturated carbocycles. The predicted molar refractivity (Wildman–Crippen MR) is 56.4 cm³/mol. The van der Waals surface area contributed by atoms with Crippen molar-refractivity contribution in [3.8, 4) is 0 Å². The van der Waals surface area contributed by atoms with E-state index in [1.807, 2.05) is 0 Å². The summed E-state index contributed by atoms with van der Waals surface area (Å²) in [5, 5.41) is 18.3. The van der Waals surface area contributed by atoms with Gasteiger partial charge >= 0.3 is 10.3 Å². The van der Waals surface area contributed by atoms with E-state index in [0.717, 1.165) is 7.11 Å². The fourth-order valence-electron chi connectivity index (χ4n) is 1.19. The van der Waals surface area contributed by atoms with Crippen molar-refractivity contribution in [3.05, 3.63) is 0 Å². The quantitative estimate of drug-likeness (QED) is 0.226. The van der Waals surface area contributed by atoms with Gasteiger partial charge in [-0.25, -0.2) is 0 Å². The zero-order valence-electron chi connectivity index (χ0n) is 9.05. The first-order valence-corrected chi connectivity index (χ1v) is 5.98. The average molecular weight is 272 g/mol. The number of hydrogen-bond donors (Lipinski definition) is 5. The van der Waals surface area contributed by atoms with Crippen molar-refractivity contribution in [2.75, 3.05) is 13.7 Å². The summed E-state index contributed by atoms with van der Waals surface area (Å²) >= 11 is 0. The number of carbonyl (C=O) groups is 1. The Kier molecular flexibility index (Phi) is 6.70. The summed E-state index contributed by atoms with van der Waals surface area (Å²) < 4.78 is 35.9. The zero-order valence-corrected chi connectivity index (χ0v) is 9.87. The predicted octanol–water partition coefficient (Wildman–Crippen LogP) is -3.36. The molecular formula is C7H16N2O7S. The molecule has 0 aromatic heterocycles. The highest BCUT2D eigenvalue weighted by atomic mass is 32.2. The monoisotopic (exact) mass is 272 g/mol. The summed E-state index contributed by atoms with van der Waals surface area (Å²) in [5.41, 5.74) is 5.31. The second-order valence-electron chi connectivity index (χ2n) is 3.29. The normalized spacial score (nSPS) is 19.4. The van der Waals surface area contributed by atoms with Gasteiger partial charge in [0, 0.05) is 7.11 Å². The van der Waals surface area contributed by atoms with Crippen molar-refractivity contribution in [2.24, 2.45) is 5.73 Å². The number of aliphatic hydroxyl groups excluding tert-OH is 2. The van der Waals surface area contributed by atoms with Crippen LogP contribution in [0.3, 0.4) is 0 Å². The van der Waals surface area contributed by atoms with Gasteiger partial charge in [-0.3, -0.25) is 4.55 Å². The maximum atomic E-state index is 10.7. The summed E-state index contributed by atoms with van der Waals surface area (Å²) in [4.78, 5) is 10.7. The van der Waals surface area contributed by atoms with Crippen LogP contribution in [-0.4, -0.2) is 67.5 Å². The van der Waals surface area contributed by atoms with Crippen LogP contribution in [0.1, 0.15) is 0 Å². The Hall–Kier alpha value is -0.620. The number of ether oxygens (including phenoxy) is 1. The minimum Gasteiger partial charge on any atom is -0.395 e. The van der Waals surface area contributed by atoms with E-state index >= 15 is 0 Å². The number of aliphatic hydroxyl groups is 2. The molecule has 10 heteroatoms. The Morgan fingerprint density at radius 3 is 2.35 bits per heavy atom. The van der Waals surface area contributed by atoms with Gasteiger partial charge in [-0.05, 0) is 0 Å². The Labute approximate surface area is 98.4 Å². The van der Waals surface area contributed by atoms with Crippen LogP contribution in [-0.2, 0) is 19.8 Å². The molecule has 9 nitrogen and oxygen atoms in total. The number of hydrogen-bond acceptors (Lipinski definition) is 7. The second-order valence-corrected chi connectivity index (χ2v) is 4.48. The van der Waals surface area contributed by atoms with Crippen molar-refractivity contribution in [3.63, 3.8) is 0 Å². The molecule has 0 radical (unpaired) electrons. The molecular weight excluding hydrogens is 256 g/mol. The molecule has 0 aliphatic heterocycles. The van der Waals surface area contributed by atoms with E-state index in [0.29, 0.717) is 0 Å². The SMILES string of the molecule is CO[C@@H]([C@H](O)[C@@H](N)CO)[C@@H](C=O)NS(=O)(=O)O. The van der Waals surface area contributed by atoms with Crippen molar-refractivity contribution < 1.29 is 32.7 Å². The van der Waals surface area contributed by atoms with E-state index in [1.54, 1.807) is 4.72 Å². The van der Waals surface area contributed by atoms with Crippen LogP contribution in [0.2, 0.25) is 0 Å². The average Bonchev–Trinajstić information content (AvgIpc) is 2.25. The van der Waals surface area contributed by atoms with Crippen molar-refractivity contribution in [1.82, 2.24) is 4.72 Å². The highest BCUT2D eigenvalue weighted by Crippen LogP contribution is 2.07. The van der Waals surface area contributed by atoms with Gasteiger partial charge in [-0.2, -0.15) is 13.1 Å². The highest BCUT2D eigenvalue weighted by Gasteiger charge is 2.34. The lowest BCUT2D eigenvalue weighted by molar-refractivity contribution is -0.116. The maximum Gasteiger partial charge on any atom is 0.334 e. The summed E-state index contributed by atoms with van der Waals surface area (Å²) in [6, 6.07) is -2.65. The van der Waals surface area contributed by atoms with Gasteiger partial charge in [-0.15, -0.1) is 0 Å². The van der Waals surface area contributed by atoms with Gasteiger partial charge in [0.25, 0.3) is 0 Å². The lowest BCUT2D eigenvalue weighted by atomic mass is 10.0. The Bertz CT molecular complexity index is 333. The molecule has 0 unspecified atom stereocenters. The first kappa shape index (κ1) is 16.4. The van der Waals surface area contributed by atoms with Crippen LogP contribution in [0.25, 0.3) is 0 Å². The van der Waals surface area contributed by atoms with Crippen molar-refractivity contribution >= 4 is 16.6 Å². The minimum atomic E-state index is -4.63. The van der Waals surface area contributed by atoms with Gasteiger partial charge in [0.05, 0.1) is 18.8 Å².